The van der Waals surface area contributed by atoms with Crippen molar-refractivity contribution in [1.82, 2.24) is 4.58 Å². The zero-order chi connectivity index (χ0) is 14.8. The molecule has 0 radical (unpaired) electrons. The Kier molecular flexibility index (Phi) is 3.65. The SMILES string of the molecule is CC[N+](CC)=c1ccc2cc3ccc(OC)cc3oc-2c1. The molecule has 0 fully saturated rings. The van der Waals surface area contributed by atoms with Crippen LogP contribution in [0.15, 0.2) is 46.9 Å². The summed E-state index contributed by atoms with van der Waals surface area (Å²) in [7, 11) is 1.67. The lowest BCUT2D eigenvalue weighted by molar-refractivity contribution is 0.414. The van der Waals surface area contributed by atoms with Gasteiger partial charge in [0, 0.05) is 23.1 Å². The number of benzene rings is 2. The normalized spacial score (nSPS) is 11.0. The summed E-state index contributed by atoms with van der Waals surface area (Å²) in [6.45, 7) is 6.30. The fourth-order valence-electron chi connectivity index (χ4n) is 2.65. The maximum absolute atomic E-state index is 6.06. The Morgan fingerprint density at radius 3 is 2.52 bits per heavy atom. The Morgan fingerprint density at radius 2 is 1.81 bits per heavy atom. The average Bonchev–Trinajstić information content (AvgIpc) is 2.53. The van der Waals surface area contributed by atoms with Crippen LogP contribution in [0.25, 0.3) is 22.3 Å². The maximum atomic E-state index is 6.06. The van der Waals surface area contributed by atoms with Crippen molar-refractivity contribution in [2.45, 2.75) is 13.8 Å². The van der Waals surface area contributed by atoms with Crippen LogP contribution in [0.2, 0.25) is 0 Å². The monoisotopic (exact) mass is 282 g/mol. The first kappa shape index (κ1) is 13.7. The Bertz CT molecular complexity index is 811. The third-order valence-corrected chi connectivity index (χ3v) is 3.88. The Morgan fingerprint density at radius 1 is 1.00 bits per heavy atom. The molecule has 2 aliphatic rings. The van der Waals surface area contributed by atoms with Crippen molar-refractivity contribution in [3.05, 3.63) is 47.8 Å². The van der Waals surface area contributed by atoms with Gasteiger partial charge in [0.2, 0.25) is 5.36 Å². The minimum Gasteiger partial charge on any atom is -0.497 e. The highest BCUT2D eigenvalue weighted by molar-refractivity contribution is 5.83. The number of hydrogen-bond donors (Lipinski definition) is 0. The third-order valence-electron chi connectivity index (χ3n) is 3.88. The van der Waals surface area contributed by atoms with Crippen molar-refractivity contribution in [3.63, 3.8) is 0 Å². The first-order chi connectivity index (χ1) is 10.2. The number of methoxy groups -OCH3 is 1. The van der Waals surface area contributed by atoms with Gasteiger partial charge in [0.05, 0.1) is 13.2 Å². The fourth-order valence-corrected chi connectivity index (χ4v) is 2.65. The van der Waals surface area contributed by atoms with E-state index in [1.54, 1.807) is 7.11 Å². The van der Waals surface area contributed by atoms with Crippen molar-refractivity contribution >= 4 is 11.0 Å². The minimum atomic E-state index is 0.811. The topological polar surface area (TPSA) is 25.4 Å². The van der Waals surface area contributed by atoms with Crippen molar-refractivity contribution in [3.8, 4) is 17.1 Å². The predicted molar refractivity (Wildman–Crippen MR) is 85.7 cm³/mol. The van der Waals surface area contributed by atoms with Crippen LogP contribution in [0.3, 0.4) is 0 Å². The number of fused-ring (bicyclic) bond motifs is 2. The molecule has 0 atom stereocenters. The molecule has 0 bridgehead atoms. The first-order valence-corrected chi connectivity index (χ1v) is 7.34. The minimum absolute atomic E-state index is 0.811. The Balaban J connectivity index is 2.28. The van der Waals surface area contributed by atoms with Crippen LogP contribution in [-0.2, 0) is 0 Å². The van der Waals surface area contributed by atoms with E-state index in [9.17, 15) is 0 Å². The van der Waals surface area contributed by atoms with E-state index in [4.69, 9.17) is 9.15 Å². The van der Waals surface area contributed by atoms with Crippen LogP contribution in [0.5, 0.6) is 5.75 Å². The molecule has 0 unspecified atom stereocenters. The van der Waals surface area contributed by atoms with E-state index < -0.39 is 0 Å². The number of ether oxygens (including phenoxy) is 1. The molecule has 3 heteroatoms. The van der Waals surface area contributed by atoms with E-state index in [1.165, 1.54) is 5.36 Å². The molecule has 3 nitrogen and oxygen atoms in total. The summed E-state index contributed by atoms with van der Waals surface area (Å²) in [5, 5.41) is 2.28. The lowest BCUT2D eigenvalue weighted by Gasteiger charge is -2.08. The van der Waals surface area contributed by atoms with E-state index in [2.05, 4.69) is 42.7 Å². The molecule has 3 rings (SSSR count). The van der Waals surface area contributed by atoms with Crippen LogP contribution < -0.4 is 14.7 Å². The molecule has 1 heterocycles. The van der Waals surface area contributed by atoms with Gasteiger partial charge in [-0.25, -0.2) is 4.58 Å². The zero-order valence-corrected chi connectivity index (χ0v) is 12.7. The average molecular weight is 282 g/mol. The van der Waals surface area contributed by atoms with Gasteiger partial charge in [0.25, 0.3) is 0 Å². The second-order valence-corrected chi connectivity index (χ2v) is 5.04. The number of hydrogen-bond acceptors (Lipinski definition) is 2. The lowest BCUT2D eigenvalue weighted by Crippen LogP contribution is -2.29. The molecule has 0 saturated carbocycles. The van der Waals surface area contributed by atoms with Crippen molar-refractivity contribution in [1.29, 1.82) is 0 Å². The Hall–Kier alpha value is -2.29. The molecule has 1 aliphatic carbocycles. The van der Waals surface area contributed by atoms with Gasteiger partial charge in [0.15, 0.2) is 0 Å². The van der Waals surface area contributed by atoms with Gasteiger partial charge in [-0.3, -0.25) is 0 Å². The highest BCUT2D eigenvalue weighted by Gasteiger charge is 2.10. The molecule has 1 aromatic carbocycles. The van der Waals surface area contributed by atoms with E-state index in [0.29, 0.717) is 0 Å². The summed E-state index contributed by atoms with van der Waals surface area (Å²) in [6.07, 6.45) is 0. The molecule has 0 spiro atoms. The fraction of sp³-hybridized carbons (Fsp3) is 0.278. The summed E-state index contributed by atoms with van der Waals surface area (Å²) >= 11 is 0. The molecule has 0 amide bonds. The van der Waals surface area contributed by atoms with Gasteiger partial charge in [-0.2, -0.15) is 0 Å². The van der Waals surface area contributed by atoms with Crippen LogP contribution in [-0.4, -0.2) is 20.2 Å². The smallest absolute Gasteiger partial charge is 0.203 e. The van der Waals surface area contributed by atoms with Gasteiger partial charge in [-0.1, -0.05) is 0 Å². The van der Waals surface area contributed by atoms with E-state index in [-0.39, 0.29) is 0 Å². The summed E-state index contributed by atoms with van der Waals surface area (Å²) in [6, 6.07) is 14.4. The summed E-state index contributed by atoms with van der Waals surface area (Å²) < 4.78 is 13.6. The van der Waals surface area contributed by atoms with Crippen LogP contribution in [0, 0.1) is 0 Å². The van der Waals surface area contributed by atoms with E-state index in [0.717, 1.165) is 41.1 Å². The molecule has 0 aromatic heterocycles. The second-order valence-electron chi connectivity index (χ2n) is 5.04. The molecule has 108 valence electrons. The lowest BCUT2D eigenvalue weighted by atomic mass is 10.1. The van der Waals surface area contributed by atoms with Gasteiger partial charge in [-0.15, -0.1) is 0 Å². The van der Waals surface area contributed by atoms with Crippen molar-refractivity contribution < 1.29 is 9.15 Å². The molecular formula is C18H20NO2+. The molecule has 1 aromatic rings. The quantitative estimate of drug-likeness (QED) is 0.544. The summed E-state index contributed by atoms with van der Waals surface area (Å²) in [4.78, 5) is 0. The Labute approximate surface area is 124 Å². The van der Waals surface area contributed by atoms with Gasteiger partial charge < -0.3 is 9.15 Å². The van der Waals surface area contributed by atoms with Crippen molar-refractivity contribution in [2.24, 2.45) is 0 Å². The second kappa shape index (κ2) is 5.60. The van der Waals surface area contributed by atoms with Crippen LogP contribution >= 0.6 is 0 Å². The van der Waals surface area contributed by atoms with Crippen LogP contribution in [0.1, 0.15) is 13.8 Å². The molecule has 0 saturated heterocycles. The standard InChI is InChI=1S/C18H20NO2/c1-4-19(5-2)15-8-6-13-10-14-7-9-16(20-3)12-18(14)21-17(13)11-15/h6-12H,4-5H2,1-3H3/q+1. The van der Waals surface area contributed by atoms with Crippen LogP contribution in [0.4, 0.5) is 0 Å². The van der Waals surface area contributed by atoms with E-state index in [1.807, 2.05) is 18.2 Å². The third kappa shape index (κ3) is 2.51. The van der Waals surface area contributed by atoms with E-state index >= 15 is 0 Å². The first-order valence-electron chi connectivity index (χ1n) is 7.34. The van der Waals surface area contributed by atoms with Gasteiger partial charge >= 0.3 is 0 Å². The number of nitrogens with zero attached hydrogens (tertiary/aromatic N) is 1. The number of rotatable bonds is 3. The highest BCUT2D eigenvalue weighted by atomic mass is 16.5. The largest absolute Gasteiger partial charge is 0.497 e. The molecule has 1 aliphatic heterocycles. The zero-order valence-electron chi connectivity index (χ0n) is 12.7. The predicted octanol–water partition coefficient (Wildman–Crippen LogP) is 3.36. The molecular weight excluding hydrogens is 262 g/mol. The highest BCUT2D eigenvalue weighted by Crippen LogP contribution is 2.29. The van der Waals surface area contributed by atoms with Crippen molar-refractivity contribution in [2.75, 3.05) is 20.2 Å². The van der Waals surface area contributed by atoms with Gasteiger partial charge in [-0.05, 0) is 38.1 Å². The molecule has 0 N–H and O–H groups in total. The summed E-state index contributed by atoms with van der Waals surface area (Å²) in [5.41, 5.74) is 1.96. The van der Waals surface area contributed by atoms with Gasteiger partial charge in [0.1, 0.15) is 30.2 Å². The molecule has 21 heavy (non-hydrogen) atoms. The maximum Gasteiger partial charge on any atom is 0.203 e. The summed E-state index contributed by atoms with van der Waals surface area (Å²) in [5.74, 6) is 1.71.